The van der Waals surface area contributed by atoms with E-state index in [1.165, 1.54) is 45.7 Å². The topological polar surface area (TPSA) is 175 Å². The number of methoxy groups -OCH3 is 1. The van der Waals surface area contributed by atoms with Crippen molar-refractivity contribution in [2.45, 2.75) is 143 Å². The van der Waals surface area contributed by atoms with Crippen molar-refractivity contribution in [3.8, 4) is 0 Å². The number of nitrogens with one attached hydrogen (secondary N) is 1. The number of ether oxygens (including phenoxy) is 3. The highest BCUT2D eigenvalue weighted by Gasteiger charge is 2.47. The van der Waals surface area contributed by atoms with Gasteiger partial charge < -0.3 is 44.0 Å². The molecule has 342 valence electrons. The molecule has 0 unspecified atom stereocenters. The van der Waals surface area contributed by atoms with E-state index in [0.29, 0.717) is 38.6 Å². The summed E-state index contributed by atoms with van der Waals surface area (Å²) in [6.07, 6.45) is 1.73. The fraction of sp³-hybridized carbons (Fsp3) is 0.711. The van der Waals surface area contributed by atoms with Crippen LogP contribution in [-0.2, 0) is 49.6 Å². The number of hydrogen-bond donors (Lipinski definition) is 1. The smallest absolute Gasteiger partial charge is 0.408 e. The second-order valence-electron chi connectivity index (χ2n) is 18.2. The third kappa shape index (κ3) is 12.9. The highest BCUT2D eigenvalue weighted by Crippen LogP contribution is 2.28. The van der Waals surface area contributed by atoms with E-state index in [1.807, 2.05) is 58.0 Å². The van der Waals surface area contributed by atoms with Gasteiger partial charge in [0.1, 0.15) is 48.5 Å². The summed E-state index contributed by atoms with van der Waals surface area (Å²) in [5, 5.41) is 2.71. The Bertz CT molecular complexity index is 1680. The predicted octanol–water partition coefficient (Wildman–Crippen LogP) is 4.09. The summed E-state index contributed by atoms with van der Waals surface area (Å²) in [5.74, 6) is -3.82. The van der Waals surface area contributed by atoms with Crippen molar-refractivity contribution in [2.24, 2.45) is 17.8 Å². The first-order valence-corrected chi connectivity index (χ1v) is 21.7. The van der Waals surface area contributed by atoms with Crippen molar-refractivity contribution in [1.82, 2.24) is 29.8 Å². The average Bonchev–Trinajstić information content (AvgIpc) is 3.90. The molecule has 16 nitrogen and oxygen atoms in total. The molecule has 7 atom stereocenters. The lowest BCUT2D eigenvalue weighted by Crippen LogP contribution is -2.62. The van der Waals surface area contributed by atoms with Crippen LogP contribution in [0.25, 0.3) is 0 Å². The van der Waals surface area contributed by atoms with Gasteiger partial charge in [0, 0.05) is 41.3 Å². The maximum Gasteiger partial charge on any atom is 0.408 e. The van der Waals surface area contributed by atoms with Gasteiger partial charge in [-0.05, 0) is 69.8 Å². The van der Waals surface area contributed by atoms with E-state index >= 15 is 0 Å². The van der Waals surface area contributed by atoms with Gasteiger partial charge in [0.25, 0.3) is 0 Å². The molecule has 0 aliphatic carbocycles. The number of esters is 1. The number of benzene rings is 1. The standard InChI is InChI=1S/C45H72N6O10/c1-14-30(6)35(46-44(58)61-45(7,8)9)40(54)49(12)36(28(2)3)41(55)47(10)34(27-59-13)39(53)50-24-18-22-32(50)38(52)48(11)37(29(4)5)42(56)51-25-19-23-33(51)43(57)60-26-31-20-16-15-17-21-31/h15-17,20-21,28-30,32-37H,14,18-19,22-27H2,1-13H3,(H,46,58)/t30-,32-,33-,34-,35-,36-,37-/m0/s1. The molecule has 1 aromatic rings. The van der Waals surface area contributed by atoms with Crippen LogP contribution < -0.4 is 5.32 Å². The number of nitrogens with zero attached hydrogens (tertiary/aromatic N) is 5. The van der Waals surface area contributed by atoms with Crippen LogP contribution in [0, 0.1) is 17.8 Å². The van der Waals surface area contributed by atoms with E-state index in [4.69, 9.17) is 14.2 Å². The van der Waals surface area contributed by atoms with Gasteiger partial charge in [0.15, 0.2) is 0 Å². The molecule has 2 aliphatic rings. The van der Waals surface area contributed by atoms with E-state index in [0.717, 1.165) is 5.56 Å². The van der Waals surface area contributed by atoms with E-state index in [1.54, 1.807) is 41.7 Å². The molecule has 3 rings (SSSR count). The molecule has 6 amide bonds. The van der Waals surface area contributed by atoms with E-state index in [2.05, 4.69) is 5.32 Å². The molecule has 0 bridgehead atoms. The quantitative estimate of drug-likeness (QED) is 0.212. The maximum atomic E-state index is 14.5. The molecule has 16 heteroatoms. The lowest BCUT2D eigenvalue weighted by Gasteiger charge is -2.40. The van der Waals surface area contributed by atoms with Gasteiger partial charge in [-0.1, -0.05) is 78.3 Å². The maximum absolute atomic E-state index is 14.5. The van der Waals surface area contributed by atoms with Gasteiger partial charge >= 0.3 is 12.1 Å². The van der Waals surface area contributed by atoms with E-state index < -0.39 is 83.5 Å². The molecule has 1 aromatic carbocycles. The van der Waals surface area contributed by atoms with Gasteiger partial charge in [0.2, 0.25) is 29.5 Å². The minimum atomic E-state index is -1.15. The van der Waals surface area contributed by atoms with Crippen molar-refractivity contribution in [3.63, 3.8) is 0 Å². The Morgan fingerprint density at radius 2 is 1.33 bits per heavy atom. The zero-order valence-corrected chi connectivity index (χ0v) is 38.8. The molecule has 1 N–H and O–H groups in total. The zero-order valence-electron chi connectivity index (χ0n) is 38.8. The van der Waals surface area contributed by atoms with Crippen LogP contribution in [0.5, 0.6) is 0 Å². The highest BCUT2D eigenvalue weighted by molar-refractivity contribution is 5.97. The van der Waals surface area contributed by atoms with Gasteiger partial charge in [-0.15, -0.1) is 0 Å². The number of alkyl carbamates (subject to hydrolysis) is 1. The number of likely N-dealkylation sites (N-methyl/N-ethyl adjacent to an activating group) is 3. The molecular weight excluding hydrogens is 785 g/mol. The molecule has 0 aromatic heterocycles. The van der Waals surface area contributed by atoms with Crippen molar-refractivity contribution in [3.05, 3.63) is 35.9 Å². The number of carbonyl (C=O) groups is 7. The molecule has 0 saturated carbocycles. The van der Waals surface area contributed by atoms with Gasteiger partial charge in [-0.3, -0.25) is 24.0 Å². The summed E-state index contributed by atoms with van der Waals surface area (Å²) < 4.78 is 16.5. The second-order valence-corrected chi connectivity index (χ2v) is 18.2. The first-order valence-electron chi connectivity index (χ1n) is 21.7. The summed E-state index contributed by atoms with van der Waals surface area (Å²) in [6.45, 7) is 16.6. The van der Waals surface area contributed by atoms with Crippen LogP contribution in [-0.4, -0.2) is 156 Å². The van der Waals surface area contributed by atoms with Gasteiger partial charge in [0.05, 0.1) is 6.61 Å². The van der Waals surface area contributed by atoms with Crippen molar-refractivity contribution >= 4 is 41.6 Å². The van der Waals surface area contributed by atoms with Gasteiger partial charge in [-0.25, -0.2) is 9.59 Å². The number of amides is 6. The Balaban J connectivity index is 1.82. The number of likely N-dealkylation sites (tertiary alicyclic amines) is 2. The minimum absolute atomic E-state index is 0.0829. The summed E-state index contributed by atoms with van der Waals surface area (Å²) in [5.41, 5.74) is 0.0405. The third-order valence-corrected chi connectivity index (χ3v) is 11.7. The van der Waals surface area contributed by atoms with Crippen LogP contribution in [0.1, 0.15) is 100.0 Å². The lowest BCUT2D eigenvalue weighted by molar-refractivity contribution is -0.159. The van der Waals surface area contributed by atoms with Crippen LogP contribution in [0.3, 0.4) is 0 Å². The Labute approximate surface area is 362 Å². The molecule has 2 heterocycles. The molecule has 2 aliphatic heterocycles. The summed E-state index contributed by atoms with van der Waals surface area (Å²) >= 11 is 0. The summed E-state index contributed by atoms with van der Waals surface area (Å²) in [7, 11) is 5.95. The number of carbonyl (C=O) groups excluding carboxylic acids is 7. The van der Waals surface area contributed by atoms with Crippen LogP contribution in [0.2, 0.25) is 0 Å². The largest absolute Gasteiger partial charge is 0.459 e. The fourth-order valence-electron chi connectivity index (χ4n) is 8.26. The number of rotatable bonds is 18. The first kappa shape index (κ1) is 50.6. The lowest BCUT2D eigenvalue weighted by atomic mass is 9.95. The van der Waals surface area contributed by atoms with Crippen molar-refractivity contribution in [2.75, 3.05) is 47.9 Å². The number of hydrogen-bond acceptors (Lipinski definition) is 10. The fourth-order valence-corrected chi connectivity index (χ4v) is 8.26. The minimum Gasteiger partial charge on any atom is -0.459 e. The summed E-state index contributed by atoms with van der Waals surface area (Å²) in [4.78, 5) is 105. The zero-order chi connectivity index (χ0) is 45.9. The first-order chi connectivity index (χ1) is 28.6. The monoisotopic (exact) mass is 857 g/mol. The second kappa shape index (κ2) is 22.4. The van der Waals surface area contributed by atoms with Crippen LogP contribution >= 0.6 is 0 Å². The van der Waals surface area contributed by atoms with Crippen molar-refractivity contribution < 1.29 is 47.8 Å². The van der Waals surface area contributed by atoms with Gasteiger partial charge in [-0.2, -0.15) is 0 Å². The molecule has 61 heavy (non-hydrogen) atoms. The SMILES string of the molecule is CC[C@H](C)[C@H](NC(=O)OC(C)(C)C)C(=O)N(C)[C@H](C(=O)N(C)[C@@H](COC)C(=O)N1CCC[C@H]1C(=O)N(C)[C@H](C(=O)N1CCC[C@H]1C(=O)OCc1ccccc1)C(C)C)C(C)C. The molecular formula is C45H72N6O10. The Morgan fingerprint density at radius 3 is 1.85 bits per heavy atom. The normalized spacial score (nSPS) is 19.1. The summed E-state index contributed by atoms with van der Waals surface area (Å²) in [6, 6.07) is 3.51. The molecule has 0 radical (unpaired) electrons. The van der Waals surface area contributed by atoms with Crippen LogP contribution in [0.4, 0.5) is 4.79 Å². The molecule has 2 saturated heterocycles. The third-order valence-electron chi connectivity index (χ3n) is 11.7. The van der Waals surface area contributed by atoms with Crippen molar-refractivity contribution in [1.29, 1.82) is 0 Å². The Hall–Kier alpha value is -4.73. The van der Waals surface area contributed by atoms with Crippen LogP contribution in [0.15, 0.2) is 30.3 Å². The Kier molecular flexibility index (Phi) is 18.6. The van der Waals surface area contributed by atoms with E-state index in [9.17, 15) is 33.6 Å². The predicted molar refractivity (Wildman–Crippen MR) is 230 cm³/mol. The molecule has 2 fully saturated rings. The average molecular weight is 857 g/mol. The van der Waals surface area contributed by atoms with E-state index in [-0.39, 0.29) is 37.5 Å². The molecule has 0 spiro atoms. The Morgan fingerprint density at radius 1 is 0.770 bits per heavy atom. The highest BCUT2D eigenvalue weighted by atomic mass is 16.6.